The number of aryl methyl sites for hydroxylation is 1. The van der Waals surface area contributed by atoms with Gasteiger partial charge in [-0.2, -0.15) is 0 Å². The van der Waals surface area contributed by atoms with Gasteiger partial charge in [0.15, 0.2) is 17.3 Å². The molecule has 10 heteroatoms. The Morgan fingerprint density at radius 3 is 2.51 bits per heavy atom. The molecule has 4 heterocycles. The highest BCUT2D eigenvalue weighted by atomic mass is 16.7. The topological polar surface area (TPSA) is 101 Å². The molecule has 1 atom stereocenters. The maximum Gasteiger partial charge on any atom is 0.253 e. The quantitative estimate of drug-likeness (QED) is 0.341. The zero-order valence-corrected chi connectivity index (χ0v) is 23.1. The van der Waals surface area contributed by atoms with Crippen LogP contribution in [0.15, 0.2) is 71.5 Å². The number of tetrazole rings is 1. The van der Waals surface area contributed by atoms with Gasteiger partial charge in [-0.3, -0.25) is 9.69 Å². The Labute approximate surface area is 237 Å². The molecule has 3 aromatic carbocycles. The predicted molar refractivity (Wildman–Crippen MR) is 156 cm³/mol. The Morgan fingerprint density at radius 1 is 0.927 bits per heavy atom. The Hall–Kier alpha value is -4.70. The van der Waals surface area contributed by atoms with Crippen LogP contribution >= 0.6 is 0 Å². The summed E-state index contributed by atoms with van der Waals surface area (Å²) >= 11 is 0. The minimum absolute atomic E-state index is 0.171. The van der Waals surface area contributed by atoms with Gasteiger partial charge >= 0.3 is 0 Å². The van der Waals surface area contributed by atoms with Crippen molar-refractivity contribution in [2.45, 2.75) is 26.4 Å². The standard InChI is InChI=1S/C31H31N7O3/c1-20-7-6-10-26(21(20)2)36-11-13-37(14-12-36)29(30-33-34-35-38(30)18-22-8-4-3-5-9-22)24-15-23-16-27-28(41-19-40-27)17-25(23)32-31(24)39/h3-10,15-17,29H,11-14,18-19H2,1-2H3,(H,32,39)/t29-/m1/s1. The second kappa shape index (κ2) is 10.4. The first-order chi connectivity index (χ1) is 20.0. The molecule has 5 aromatic rings. The van der Waals surface area contributed by atoms with Crippen LogP contribution in [0.3, 0.4) is 0 Å². The lowest BCUT2D eigenvalue weighted by atomic mass is 10.0. The van der Waals surface area contributed by atoms with E-state index in [-0.39, 0.29) is 12.4 Å². The molecule has 0 radical (unpaired) electrons. The molecule has 1 fully saturated rings. The van der Waals surface area contributed by atoms with E-state index in [2.05, 4.69) is 74.5 Å². The van der Waals surface area contributed by atoms with E-state index in [1.807, 2.05) is 36.4 Å². The molecule has 7 rings (SSSR count). The van der Waals surface area contributed by atoms with Crippen LogP contribution in [0.4, 0.5) is 5.69 Å². The fourth-order valence-electron chi connectivity index (χ4n) is 5.89. The SMILES string of the molecule is Cc1cccc(N2CCN([C@H](c3cc4cc5c(cc4[nH]c3=O)OCO5)c3nnnn3Cc3ccccc3)CC2)c1C. The van der Waals surface area contributed by atoms with Crippen LogP contribution in [0.1, 0.15) is 34.1 Å². The summed E-state index contributed by atoms with van der Waals surface area (Å²) in [4.78, 5) is 21.5. The number of ether oxygens (including phenoxy) is 2. The number of hydrogen-bond donors (Lipinski definition) is 1. The smallest absolute Gasteiger partial charge is 0.253 e. The highest BCUT2D eigenvalue weighted by Gasteiger charge is 2.33. The molecule has 2 aromatic heterocycles. The van der Waals surface area contributed by atoms with Crippen molar-refractivity contribution < 1.29 is 9.47 Å². The second-order valence-electron chi connectivity index (χ2n) is 10.7. The van der Waals surface area contributed by atoms with E-state index in [0.29, 0.717) is 34.9 Å². The summed E-state index contributed by atoms with van der Waals surface area (Å²) in [6.45, 7) is 8.14. The number of nitrogens with one attached hydrogen (secondary N) is 1. The summed E-state index contributed by atoms with van der Waals surface area (Å²) in [5.41, 5.74) is 6.05. The summed E-state index contributed by atoms with van der Waals surface area (Å²) < 4.78 is 12.9. The first kappa shape index (κ1) is 25.3. The van der Waals surface area contributed by atoms with Crippen molar-refractivity contribution in [3.05, 3.63) is 105 Å². The van der Waals surface area contributed by atoms with Crippen molar-refractivity contribution in [1.82, 2.24) is 30.1 Å². The number of fused-ring (bicyclic) bond motifs is 2. The van der Waals surface area contributed by atoms with Crippen LogP contribution in [0.2, 0.25) is 0 Å². The number of anilines is 1. The second-order valence-corrected chi connectivity index (χ2v) is 10.7. The van der Waals surface area contributed by atoms with Gasteiger partial charge in [-0.25, -0.2) is 4.68 Å². The Kier molecular flexibility index (Phi) is 6.39. The lowest BCUT2D eigenvalue weighted by Gasteiger charge is -2.40. The van der Waals surface area contributed by atoms with Gasteiger partial charge < -0.3 is 19.4 Å². The number of aromatic nitrogens is 5. The molecule has 0 bridgehead atoms. The molecule has 41 heavy (non-hydrogen) atoms. The molecule has 10 nitrogen and oxygen atoms in total. The molecule has 0 saturated carbocycles. The Balaban J connectivity index is 1.28. The average Bonchev–Trinajstić information content (AvgIpc) is 3.64. The Bertz CT molecular complexity index is 1770. The van der Waals surface area contributed by atoms with Crippen LogP contribution in [-0.4, -0.2) is 63.1 Å². The lowest BCUT2D eigenvalue weighted by Crippen LogP contribution is -2.49. The molecule has 1 N–H and O–H groups in total. The minimum Gasteiger partial charge on any atom is -0.454 e. The van der Waals surface area contributed by atoms with E-state index in [4.69, 9.17) is 9.47 Å². The molecule has 0 aliphatic carbocycles. The largest absolute Gasteiger partial charge is 0.454 e. The van der Waals surface area contributed by atoms with Gasteiger partial charge in [0.05, 0.1) is 12.1 Å². The monoisotopic (exact) mass is 549 g/mol. The predicted octanol–water partition coefficient (Wildman–Crippen LogP) is 3.82. The molecule has 1 saturated heterocycles. The summed E-state index contributed by atoms with van der Waals surface area (Å²) in [6.07, 6.45) is 0. The number of H-pyrrole nitrogens is 1. The average molecular weight is 550 g/mol. The number of rotatable bonds is 6. The van der Waals surface area contributed by atoms with Crippen molar-refractivity contribution in [3.8, 4) is 11.5 Å². The van der Waals surface area contributed by atoms with Gasteiger partial charge in [0.25, 0.3) is 5.56 Å². The molecule has 2 aliphatic rings. The fourth-order valence-corrected chi connectivity index (χ4v) is 5.89. The van der Waals surface area contributed by atoms with Crippen molar-refractivity contribution >= 4 is 16.6 Å². The summed E-state index contributed by atoms with van der Waals surface area (Å²) in [5.74, 6) is 1.94. The zero-order valence-electron chi connectivity index (χ0n) is 23.1. The number of benzene rings is 3. The maximum atomic E-state index is 13.7. The van der Waals surface area contributed by atoms with Gasteiger partial charge in [-0.05, 0) is 59.2 Å². The summed E-state index contributed by atoms with van der Waals surface area (Å²) in [5, 5.41) is 13.8. The van der Waals surface area contributed by atoms with Crippen molar-refractivity contribution in [2.75, 3.05) is 37.9 Å². The first-order valence-electron chi connectivity index (χ1n) is 13.9. The number of nitrogens with zero attached hydrogens (tertiary/aromatic N) is 6. The number of piperazine rings is 1. The molecule has 0 spiro atoms. The highest BCUT2D eigenvalue weighted by Crippen LogP contribution is 2.36. The zero-order chi connectivity index (χ0) is 27.9. The maximum absolute atomic E-state index is 13.7. The van der Waals surface area contributed by atoms with Crippen LogP contribution in [-0.2, 0) is 6.54 Å². The fraction of sp³-hybridized carbons (Fsp3) is 0.290. The molecular formula is C31H31N7O3. The van der Waals surface area contributed by atoms with Crippen molar-refractivity contribution in [3.63, 3.8) is 0 Å². The van der Waals surface area contributed by atoms with E-state index < -0.39 is 6.04 Å². The summed E-state index contributed by atoms with van der Waals surface area (Å²) in [6, 6.07) is 21.8. The van der Waals surface area contributed by atoms with E-state index in [0.717, 1.165) is 37.1 Å². The highest BCUT2D eigenvalue weighted by molar-refractivity contribution is 5.83. The Morgan fingerprint density at radius 2 is 1.71 bits per heavy atom. The van der Waals surface area contributed by atoms with Gasteiger partial charge in [0.1, 0.15) is 6.04 Å². The number of hydrogen-bond acceptors (Lipinski definition) is 8. The van der Waals surface area contributed by atoms with Crippen LogP contribution < -0.4 is 19.9 Å². The van der Waals surface area contributed by atoms with Gasteiger partial charge in [0.2, 0.25) is 6.79 Å². The van der Waals surface area contributed by atoms with Gasteiger partial charge in [-0.1, -0.05) is 42.5 Å². The van der Waals surface area contributed by atoms with E-state index in [1.54, 1.807) is 4.68 Å². The molecule has 208 valence electrons. The van der Waals surface area contributed by atoms with Crippen LogP contribution in [0.25, 0.3) is 10.9 Å². The number of pyridine rings is 1. The summed E-state index contributed by atoms with van der Waals surface area (Å²) in [7, 11) is 0. The third kappa shape index (κ3) is 4.70. The van der Waals surface area contributed by atoms with Gasteiger partial charge in [-0.15, -0.1) is 5.10 Å². The van der Waals surface area contributed by atoms with Gasteiger partial charge in [0, 0.05) is 48.9 Å². The van der Waals surface area contributed by atoms with E-state index >= 15 is 0 Å². The van der Waals surface area contributed by atoms with Crippen molar-refractivity contribution in [2.24, 2.45) is 0 Å². The molecule has 0 amide bonds. The third-order valence-corrected chi connectivity index (χ3v) is 8.24. The van der Waals surface area contributed by atoms with E-state index in [1.165, 1.54) is 16.8 Å². The lowest BCUT2D eigenvalue weighted by molar-refractivity contribution is 0.174. The minimum atomic E-state index is -0.437. The molecule has 2 aliphatic heterocycles. The third-order valence-electron chi connectivity index (χ3n) is 8.24. The van der Waals surface area contributed by atoms with Crippen LogP contribution in [0.5, 0.6) is 11.5 Å². The first-order valence-corrected chi connectivity index (χ1v) is 13.9. The van der Waals surface area contributed by atoms with Crippen molar-refractivity contribution in [1.29, 1.82) is 0 Å². The normalized spacial score (nSPS) is 15.9. The number of aromatic amines is 1. The molecule has 0 unspecified atom stereocenters. The van der Waals surface area contributed by atoms with Crippen LogP contribution in [0, 0.1) is 13.8 Å². The van der Waals surface area contributed by atoms with E-state index in [9.17, 15) is 4.79 Å². The molecular weight excluding hydrogens is 518 g/mol.